The maximum Gasteiger partial charge on any atom is 0.154 e. The Kier molecular flexibility index (Phi) is 4.81. The van der Waals surface area contributed by atoms with Gasteiger partial charge in [-0.1, -0.05) is 18.9 Å². The minimum atomic E-state index is -2.88. The van der Waals surface area contributed by atoms with E-state index in [0.29, 0.717) is 6.54 Å². The summed E-state index contributed by atoms with van der Waals surface area (Å²) in [6, 6.07) is 4.34. The van der Waals surface area contributed by atoms with E-state index in [1.165, 1.54) is 4.88 Å². The fraction of sp³-hybridized carbons (Fsp3) is 0.692. The summed E-state index contributed by atoms with van der Waals surface area (Å²) in [5.41, 5.74) is 0. The minimum absolute atomic E-state index is 0.0728. The lowest BCUT2D eigenvalue weighted by molar-refractivity contribution is 0.563. The van der Waals surface area contributed by atoms with E-state index >= 15 is 0 Å². The Bertz CT molecular complexity index is 447. The minimum Gasteiger partial charge on any atom is -0.308 e. The second kappa shape index (κ2) is 6.17. The first kappa shape index (κ1) is 14.0. The van der Waals surface area contributed by atoms with Crippen molar-refractivity contribution in [2.24, 2.45) is 0 Å². The van der Waals surface area contributed by atoms with E-state index in [9.17, 15) is 8.42 Å². The molecule has 0 aliphatic heterocycles. The molecule has 18 heavy (non-hydrogen) atoms. The van der Waals surface area contributed by atoms with Gasteiger partial charge in [-0.2, -0.15) is 0 Å². The number of rotatable bonds is 6. The van der Waals surface area contributed by atoms with Crippen molar-refractivity contribution in [3.05, 3.63) is 22.4 Å². The molecule has 2 rings (SSSR count). The molecule has 1 aromatic heterocycles. The van der Waals surface area contributed by atoms with Crippen LogP contribution in [0.2, 0.25) is 0 Å². The first-order valence-corrected chi connectivity index (χ1v) is 9.17. The summed E-state index contributed by atoms with van der Waals surface area (Å²) in [4.78, 5) is 1.26. The van der Waals surface area contributed by atoms with E-state index in [4.69, 9.17) is 0 Å². The van der Waals surface area contributed by atoms with E-state index in [-0.39, 0.29) is 17.0 Å². The maximum absolute atomic E-state index is 12.1. The third kappa shape index (κ3) is 3.56. The van der Waals surface area contributed by atoms with Crippen LogP contribution in [0.4, 0.5) is 0 Å². The molecule has 1 aliphatic carbocycles. The van der Waals surface area contributed by atoms with Gasteiger partial charge in [0.05, 0.1) is 11.0 Å². The predicted molar refractivity (Wildman–Crippen MR) is 76.8 cm³/mol. The summed E-state index contributed by atoms with van der Waals surface area (Å²) in [6.45, 7) is 2.63. The molecule has 5 heteroatoms. The van der Waals surface area contributed by atoms with Gasteiger partial charge in [0.1, 0.15) is 0 Å². The van der Waals surface area contributed by atoms with Crippen LogP contribution in [-0.4, -0.2) is 26.0 Å². The van der Waals surface area contributed by atoms with Crippen molar-refractivity contribution in [1.82, 2.24) is 5.32 Å². The topological polar surface area (TPSA) is 46.2 Å². The smallest absolute Gasteiger partial charge is 0.154 e. The second-order valence-electron chi connectivity index (χ2n) is 4.96. The number of hydrogen-bond donors (Lipinski definition) is 1. The first-order chi connectivity index (χ1) is 8.59. The zero-order valence-electron chi connectivity index (χ0n) is 10.8. The molecule has 0 amide bonds. The summed E-state index contributed by atoms with van der Waals surface area (Å²) in [7, 11) is -2.88. The van der Waals surface area contributed by atoms with Gasteiger partial charge in [0.25, 0.3) is 0 Å². The Labute approximate surface area is 114 Å². The molecule has 1 aromatic rings. The van der Waals surface area contributed by atoms with Gasteiger partial charge in [0.2, 0.25) is 0 Å². The number of nitrogens with one attached hydrogen (secondary N) is 1. The number of sulfone groups is 1. The summed E-state index contributed by atoms with van der Waals surface area (Å²) < 4.78 is 24.1. The largest absolute Gasteiger partial charge is 0.308 e. The fourth-order valence-electron chi connectivity index (χ4n) is 2.47. The summed E-state index contributed by atoms with van der Waals surface area (Å²) in [5.74, 6) is 0.271. The summed E-state index contributed by atoms with van der Waals surface area (Å²) in [5, 5.41) is 5.27. The molecule has 1 aliphatic rings. The monoisotopic (exact) mass is 287 g/mol. The summed E-state index contributed by atoms with van der Waals surface area (Å²) in [6.07, 6.45) is 3.87. The van der Waals surface area contributed by atoms with Crippen molar-refractivity contribution in [2.45, 2.75) is 43.9 Å². The predicted octanol–water partition coefficient (Wildman–Crippen LogP) is 2.76. The molecule has 1 fully saturated rings. The Morgan fingerprint density at radius 1 is 1.44 bits per heavy atom. The third-order valence-electron chi connectivity index (χ3n) is 3.62. The molecular weight excluding hydrogens is 266 g/mol. The average molecular weight is 287 g/mol. The quantitative estimate of drug-likeness (QED) is 0.875. The van der Waals surface area contributed by atoms with E-state index < -0.39 is 9.84 Å². The highest BCUT2D eigenvalue weighted by Gasteiger charge is 2.28. The number of thiophene rings is 1. The third-order valence-corrected chi connectivity index (χ3v) is 6.93. The van der Waals surface area contributed by atoms with Gasteiger partial charge in [-0.05, 0) is 31.2 Å². The van der Waals surface area contributed by atoms with Gasteiger partial charge >= 0.3 is 0 Å². The Morgan fingerprint density at radius 2 is 2.17 bits per heavy atom. The SMILES string of the molecule is CC(NCCS(=O)(=O)C1CCCC1)c1cccs1. The van der Waals surface area contributed by atoms with Crippen molar-refractivity contribution >= 4 is 21.2 Å². The van der Waals surface area contributed by atoms with Gasteiger partial charge in [-0.15, -0.1) is 11.3 Å². The standard InChI is InChI=1S/C13H21NO2S2/c1-11(13-7-4-9-17-13)14-8-10-18(15,16)12-5-2-3-6-12/h4,7,9,11-12,14H,2-3,5-6,8,10H2,1H3. The van der Waals surface area contributed by atoms with Crippen LogP contribution < -0.4 is 5.32 Å². The van der Waals surface area contributed by atoms with E-state index in [2.05, 4.69) is 18.3 Å². The maximum atomic E-state index is 12.1. The lowest BCUT2D eigenvalue weighted by Crippen LogP contribution is -2.29. The van der Waals surface area contributed by atoms with Crippen molar-refractivity contribution in [3.63, 3.8) is 0 Å². The molecule has 0 bridgehead atoms. The zero-order valence-corrected chi connectivity index (χ0v) is 12.4. The van der Waals surface area contributed by atoms with Crippen LogP contribution in [0, 0.1) is 0 Å². The van der Waals surface area contributed by atoms with Crippen molar-refractivity contribution in [2.75, 3.05) is 12.3 Å². The van der Waals surface area contributed by atoms with E-state index in [1.54, 1.807) is 11.3 Å². The number of hydrogen-bond acceptors (Lipinski definition) is 4. The highest BCUT2D eigenvalue weighted by Crippen LogP contribution is 2.25. The van der Waals surface area contributed by atoms with Crippen molar-refractivity contribution < 1.29 is 8.42 Å². The van der Waals surface area contributed by atoms with Gasteiger partial charge in [0.15, 0.2) is 9.84 Å². The van der Waals surface area contributed by atoms with Crippen molar-refractivity contribution in [1.29, 1.82) is 0 Å². The van der Waals surface area contributed by atoms with Crippen LogP contribution >= 0.6 is 11.3 Å². The van der Waals surface area contributed by atoms with Crippen molar-refractivity contribution in [3.8, 4) is 0 Å². The molecular formula is C13H21NO2S2. The molecule has 1 unspecified atom stereocenters. The Hall–Kier alpha value is -0.390. The molecule has 0 saturated heterocycles. The van der Waals surface area contributed by atoms with Gasteiger partial charge in [-0.25, -0.2) is 8.42 Å². The highest BCUT2D eigenvalue weighted by molar-refractivity contribution is 7.92. The van der Waals surface area contributed by atoms with E-state index in [1.807, 2.05) is 11.4 Å². The Morgan fingerprint density at radius 3 is 2.78 bits per heavy atom. The van der Waals surface area contributed by atoms with Crippen LogP contribution in [-0.2, 0) is 9.84 Å². The highest BCUT2D eigenvalue weighted by atomic mass is 32.2. The van der Waals surface area contributed by atoms with Crippen LogP contribution in [0.25, 0.3) is 0 Å². The van der Waals surface area contributed by atoms with Crippen LogP contribution in [0.1, 0.15) is 43.5 Å². The van der Waals surface area contributed by atoms with Gasteiger partial charge in [0, 0.05) is 17.5 Å². The summed E-state index contributed by atoms with van der Waals surface area (Å²) >= 11 is 1.70. The molecule has 0 spiro atoms. The molecule has 1 N–H and O–H groups in total. The van der Waals surface area contributed by atoms with Crippen LogP contribution in [0.5, 0.6) is 0 Å². The first-order valence-electron chi connectivity index (χ1n) is 6.58. The Balaban J connectivity index is 1.78. The molecule has 3 nitrogen and oxygen atoms in total. The second-order valence-corrected chi connectivity index (χ2v) is 8.34. The molecule has 0 aromatic carbocycles. The fourth-order valence-corrected chi connectivity index (χ4v) is 5.02. The molecule has 1 saturated carbocycles. The lowest BCUT2D eigenvalue weighted by Gasteiger charge is -2.14. The van der Waals surface area contributed by atoms with E-state index in [0.717, 1.165) is 25.7 Å². The van der Waals surface area contributed by atoms with Gasteiger partial charge < -0.3 is 5.32 Å². The molecule has 0 radical (unpaired) electrons. The lowest BCUT2D eigenvalue weighted by atomic mass is 10.3. The molecule has 1 atom stereocenters. The zero-order chi connectivity index (χ0) is 13.0. The van der Waals surface area contributed by atoms with Gasteiger partial charge in [-0.3, -0.25) is 0 Å². The molecule has 1 heterocycles. The van der Waals surface area contributed by atoms with Crippen LogP contribution in [0.15, 0.2) is 17.5 Å². The normalized spacial score (nSPS) is 19.2. The van der Waals surface area contributed by atoms with Crippen LogP contribution in [0.3, 0.4) is 0 Å². The molecule has 102 valence electrons. The average Bonchev–Trinajstić information content (AvgIpc) is 3.02.